The maximum atomic E-state index is 15.0. The molecule has 3 aliphatic rings. The van der Waals surface area contributed by atoms with E-state index in [0.717, 1.165) is 22.8 Å². The Bertz CT molecular complexity index is 2400. The van der Waals surface area contributed by atoms with Gasteiger partial charge in [-0.2, -0.15) is 0 Å². The monoisotopic (exact) mass is 760 g/mol. The minimum absolute atomic E-state index is 0.0828. The maximum absolute atomic E-state index is 15.0. The van der Waals surface area contributed by atoms with Crippen molar-refractivity contribution in [3.8, 4) is 51.7 Å². The van der Waals surface area contributed by atoms with E-state index in [-0.39, 0.29) is 76.0 Å². The van der Waals surface area contributed by atoms with Gasteiger partial charge in [-0.05, 0) is 83.4 Å². The van der Waals surface area contributed by atoms with Crippen molar-refractivity contribution >= 4 is 11.6 Å². The number of aromatic hydroxyl groups is 7. The van der Waals surface area contributed by atoms with Crippen molar-refractivity contribution < 1.29 is 54.8 Å². The minimum Gasteiger partial charge on any atom is -0.508 e. The van der Waals surface area contributed by atoms with Crippen molar-refractivity contribution in [2.45, 2.75) is 77.4 Å². The number of carbonyl (C=O) groups is 2. The summed E-state index contributed by atoms with van der Waals surface area (Å²) in [5, 5.41) is 77.8. The zero-order valence-electron chi connectivity index (χ0n) is 31.6. The smallest absolute Gasteiger partial charge is 0.215 e. The van der Waals surface area contributed by atoms with Gasteiger partial charge in [-0.3, -0.25) is 9.59 Å². The lowest BCUT2D eigenvalue weighted by atomic mass is 9.65. The Balaban J connectivity index is 1.41. The Kier molecular flexibility index (Phi) is 9.52. The molecule has 5 atom stereocenters. The van der Waals surface area contributed by atoms with E-state index in [4.69, 9.17) is 9.47 Å². The van der Waals surface area contributed by atoms with Crippen LogP contribution < -0.4 is 9.47 Å². The summed E-state index contributed by atoms with van der Waals surface area (Å²) in [6.07, 6.45) is 4.65. The molecule has 7 N–H and O–H groups in total. The van der Waals surface area contributed by atoms with Crippen LogP contribution in [-0.2, 0) is 12.0 Å². The molecule has 2 aliphatic heterocycles. The summed E-state index contributed by atoms with van der Waals surface area (Å²) < 4.78 is 12.8. The molecule has 0 amide bonds. The average molecular weight is 761 g/mol. The molecule has 0 bridgehead atoms. The average Bonchev–Trinajstić information content (AvgIpc) is 3.43. The number of phenols is 7. The van der Waals surface area contributed by atoms with Crippen LogP contribution in [0, 0.1) is 5.92 Å². The molecule has 56 heavy (non-hydrogen) atoms. The van der Waals surface area contributed by atoms with Gasteiger partial charge in [0, 0.05) is 59.1 Å². The lowest BCUT2D eigenvalue weighted by molar-refractivity contribution is -0.0165. The van der Waals surface area contributed by atoms with E-state index in [1.54, 1.807) is 25.1 Å². The second-order valence-corrected chi connectivity index (χ2v) is 15.5. The van der Waals surface area contributed by atoms with Crippen molar-refractivity contribution in [3.05, 3.63) is 123 Å². The second-order valence-electron chi connectivity index (χ2n) is 15.5. The predicted molar refractivity (Wildman–Crippen MR) is 207 cm³/mol. The number of benzene rings is 4. The molecule has 11 nitrogen and oxygen atoms in total. The van der Waals surface area contributed by atoms with Crippen LogP contribution in [0.15, 0.2) is 89.5 Å². The molecule has 4 aromatic rings. The summed E-state index contributed by atoms with van der Waals surface area (Å²) in [4.78, 5) is 29.6. The number of Topliss-reactive ketones (excluding diaryl/α,β-unsaturated/α-hetero) is 2. The van der Waals surface area contributed by atoms with E-state index < -0.39 is 58.3 Å². The summed E-state index contributed by atoms with van der Waals surface area (Å²) in [5.74, 6) is -6.67. The SMILES string of the molecule is CC(C)=CCc1c(O)ccc(C(=O)[C@@H]2[C@@H](c3ccc(O)cc3O)CC(C)=C[C@H]2c2c(O)cc3c(c2O)C(=O)[C@@H]2Oc4cc(O)ccc4[C@]2(CC=C(C)C)O3)c1O. The van der Waals surface area contributed by atoms with Gasteiger partial charge in [0.05, 0.1) is 5.56 Å². The highest BCUT2D eigenvalue weighted by atomic mass is 16.6. The molecule has 0 radical (unpaired) electrons. The first-order valence-corrected chi connectivity index (χ1v) is 18.4. The van der Waals surface area contributed by atoms with Gasteiger partial charge in [-0.25, -0.2) is 0 Å². The molecular formula is C45H44O11. The number of hydrogen-bond acceptors (Lipinski definition) is 11. The summed E-state index contributed by atoms with van der Waals surface area (Å²) in [7, 11) is 0. The molecule has 290 valence electrons. The second kappa shape index (κ2) is 14.1. The van der Waals surface area contributed by atoms with E-state index in [2.05, 4.69) is 0 Å². The summed E-state index contributed by atoms with van der Waals surface area (Å²) in [6, 6.07) is 12.3. The fourth-order valence-corrected chi connectivity index (χ4v) is 8.40. The van der Waals surface area contributed by atoms with Crippen LogP contribution in [-0.4, -0.2) is 53.4 Å². The Morgan fingerprint density at radius 3 is 2.20 bits per heavy atom. The van der Waals surface area contributed by atoms with E-state index in [1.807, 2.05) is 33.8 Å². The summed E-state index contributed by atoms with van der Waals surface area (Å²) in [6.45, 7) is 9.31. The van der Waals surface area contributed by atoms with Crippen LogP contribution in [0.5, 0.6) is 51.7 Å². The molecule has 4 aromatic carbocycles. The van der Waals surface area contributed by atoms with Crippen LogP contribution in [0.1, 0.15) is 102 Å². The van der Waals surface area contributed by atoms with E-state index in [1.165, 1.54) is 42.5 Å². The zero-order valence-corrected chi connectivity index (χ0v) is 31.6. The van der Waals surface area contributed by atoms with Gasteiger partial charge < -0.3 is 45.2 Å². The van der Waals surface area contributed by atoms with Gasteiger partial charge >= 0.3 is 0 Å². The normalized spacial score (nSPS) is 22.1. The molecule has 0 unspecified atom stereocenters. The number of carbonyl (C=O) groups excluding carboxylic acids is 2. The summed E-state index contributed by atoms with van der Waals surface area (Å²) >= 11 is 0. The standard InChI is InChI=1S/C45H44O11/c1-21(2)6-9-27-32(48)13-11-28(40(27)51)41(52)37-29(26-10-7-24(46)18-33(26)49)16-23(5)17-30(37)38-34(50)20-36-39(42(38)53)43(54)44-45(56-36,15-14-22(3)4)31-12-8-25(47)19-35(31)55-44/h6-8,10-14,17-20,29-30,37,44,46-51,53H,9,15-16H2,1-5H3/t29-,30-,37-,44+,45+/m1/s1. The van der Waals surface area contributed by atoms with Gasteiger partial charge in [0.1, 0.15) is 57.3 Å². The molecule has 2 heterocycles. The molecule has 0 saturated carbocycles. The number of rotatable bonds is 8. The number of fused-ring (bicyclic) bond motifs is 4. The van der Waals surface area contributed by atoms with Gasteiger partial charge in [0.25, 0.3) is 0 Å². The van der Waals surface area contributed by atoms with Gasteiger partial charge in [0.2, 0.25) is 11.9 Å². The predicted octanol–water partition coefficient (Wildman–Crippen LogP) is 8.44. The first-order chi connectivity index (χ1) is 26.5. The molecule has 1 aliphatic carbocycles. The number of ketones is 2. The van der Waals surface area contributed by atoms with Crippen molar-refractivity contribution in [3.63, 3.8) is 0 Å². The fourth-order valence-electron chi connectivity index (χ4n) is 8.40. The molecule has 0 aromatic heterocycles. The van der Waals surface area contributed by atoms with Crippen molar-refractivity contribution in [1.29, 1.82) is 0 Å². The van der Waals surface area contributed by atoms with Gasteiger partial charge in [-0.1, -0.05) is 41.0 Å². The number of allylic oxidation sites excluding steroid dienone is 5. The fraction of sp³-hybridized carbons (Fsp3) is 0.289. The van der Waals surface area contributed by atoms with E-state index in [0.29, 0.717) is 11.1 Å². The highest BCUT2D eigenvalue weighted by Crippen LogP contribution is 2.58. The first kappa shape index (κ1) is 37.9. The number of phenolic OH excluding ortho intramolecular Hbond substituents is 7. The van der Waals surface area contributed by atoms with Crippen molar-refractivity contribution in [2.24, 2.45) is 5.92 Å². The van der Waals surface area contributed by atoms with Crippen LogP contribution in [0.25, 0.3) is 0 Å². The zero-order chi connectivity index (χ0) is 40.4. The molecule has 0 saturated heterocycles. The van der Waals surface area contributed by atoms with Crippen molar-refractivity contribution in [1.82, 2.24) is 0 Å². The molecule has 7 rings (SSSR count). The Labute approximate surface area is 323 Å². The lowest BCUT2D eigenvalue weighted by Crippen LogP contribution is -2.51. The number of hydrogen-bond donors (Lipinski definition) is 7. The quantitative estimate of drug-likeness (QED) is 0.0673. The van der Waals surface area contributed by atoms with E-state index >= 15 is 4.79 Å². The van der Waals surface area contributed by atoms with Gasteiger partial charge in [0.15, 0.2) is 11.4 Å². The van der Waals surface area contributed by atoms with Crippen LogP contribution in [0.4, 0.5) is 0 Å². The van der Waals surface area contributed by atoms with E-state index in [9.17, 15) is 40.5 Å². The Morgan fingerprint density at radius 2 is 1.50 bits per heavy atom. The number of ether oxygens (including phenoxy) is 2. The minimum atomic E-state index is -1.40. The third-order valence-corrected chi connectivity index (χ3v) is 11.1. The first-order valence-electron chi connectivity index (χ1n) is 18.4. The van der Waals surface area contributed by atoms with Crippen LogP contribution in [0.2, 0.25) is 0 Å². The summed E-state index contributed by atoms with van der Waals surface area (Å²) in [5.41, 5.74) is 1.57. The third kappa shape index (κ3) is 6.26. The highest BCUT2D eigenvalue weighted by molar-refractivity contribution is 6.08. The molecular weight excluding hydrogens is 716 g/mol. The maximum Gasteiger partial charge on any atom is 0.215 e. The van der Waals surface area contributed by atoms with Gasteiger partial charge in [-0.15, -0.1) is 0 Å². The molecule has 0 fully saturated rings. The van der Waals surface area contributed by atoms with Crippen LogP contribution in [0.3, 0.4) is 0 Å². The molecule has 0 spiro atoms. The highest BCUT2D eigenvalue weighted by Gasteiger charge is 2.59. The lowest BCUT2D eigenvalue weighted by Gasteiger charge is -2.40. The van der Waals surface area contributed by atoms with Crippen molar-refractivity contribution in [2.75, 3.05) is 0 Å². The van der Waals surface area contributed by atoms with Crippen LogP contribution >= 0.6 is 0 Å². The molecule has 11 heteroatoms. The Morgan fingerprint density at radius 1 is 0.804 bits per heavy atom. The topological polar surface area (TPSA) is 194 Å². The third-order valence-electron chi connectivity index (χ3n) is 11.1. The Hall–Kier alpha value is -6.36. The largest absolute Gasteiger partial charge is 0.508 e.